The van der Waals surface area contributed by atoms with Crippen LogP contribution in [0.2, 0.25) is 0 Å². The van der Waals surface area contributed by atoms with E-state index >= 15 is 0 Å². The second-order valence-corrected chi connectivity index (χ2v) is 9.58. The van der Waals surface area contributed by atoms with E-state index in [4.69, 9.17) is 10.4 Å². The Morgan fingerprint density at radius 2 is 1.43 bits per heavy atom. The zero-order valence-corrected chi connectivity index (χ0v) is 20.7. The Labute approximate surface area is 218 Å². The van der Waals surface area contributed by atoms with E-state index in [0.29, 0.717) is 5.84 Å². The minimum Gasteiger partial charge on any atom is -0.282 e. The van der Waals surface area contributed by atoms with Crippen LogP contribution in [-0.2, 0) is 0 Å². The fourth-order valence-corrected chi connectivity index (χ4v) is 5.16. The summed E-state index contributed by atoms with van der Waals surface area (Å²) in [6.45, 7) is 0. The van der Waals surface area contributed by atoms with E-state index in [0.717, 1.165) is 48.3 Å². The van der Waals surface area contributed by atoms with Crippen molar-refractivity contribution in [2.75, 3.05) is 0 Å². The first-order valence-corrected chi connectivity index (χ1v) is 12.8. The Hall–Kier alpha value is -4.74. The normalized spacial score (nSPS) is 11.9. The van der Waals surface area contributed by atoms with Gasteiger partial charge in [0.25, 0.3) is 0 Å². The first-order chi connectivity index (χ1) is 18.2. The Morgan fingerprint density at radius 1 is 0.730 bits per heavy atom. The summed E-state index contributed by atoms with van der Waals surface area (Å²) in [5.74, 6) is 0.659. The van der Waals surface area contributed by atoms with E-state index in [1.807, 2.05) is 97.1 Å². The average molecular weight is 495 g/mol. The molecule has 1 aromatic heterocycles. The molecule has 1 N–H and O–H groups in total. The van der Waals surface area contributed by atoms with E-state index < -0.39 is 0 Å². The number of benzene rings is 5. The number of nitrogens with one attached hydrogen (secondary N) is 1. The van der Waals surface area contributed by atoms with E-state index in [1.165, 1.54) is 0 Å². The lowest BCUT2D eigenvalue weighted by molar-refractivity contribution is 1.40. The van der Waals surface area contributed by atoms with Crippen molar-refractivity contribution in [2.45, 2.75) is 0 Å². The molecule has 0 aliphatic carbocycles. The van der Waals surface area contributed by atoms with Gasteiger partial charge in [0, 0.05) is 28.3 Å². The fourth-order valence-electron chi connectivity index (χ4n) is 4.17. The predicted octanol–water partition coefficient (Wildman–Crippen LogP) is 8.01. The highest BCUT2D eigenvalue weighted by Crippen LogP contribution is 2.34. The summed E-state index contributed by atoms with van der Waals surface area (Å²) in [7, 11) is 0. The van der Waals surface area contributed by atoms with Crippen molar-refractivity contribution < 1.29 is 0 Å². The van der Waals surface area contributed by atoms with Crippen molar-refractivity contribution in [3.63, 3.8) is 0 Å². The maximum atomic E-state index is 8.77. The molecule has 6 rings (SSSR count). The highest BCUT2D eigenvalue weighted by Gasteiger charge is 2.11. The van der Waals surface area contributed by atoms with Crippen molar-refractivity contribution in [1.82, 2.24) is 4.98 Å². The quantitative estimate of drug-likeness (QED) is 0.196. The molecule has 37 heavy (non-hydrogen) atoms. The molecule has 5 aromatic carbocycles. The van der Waals surface area contributed by atoms with Crippen molar-refractivity contribution in [3.05, 3.63) is 138 Å². The van der Waals surface area contributed by atoms with Gasteiger partial charge >= 0.3 is 0 Å². The zero-order valence-electron chi connectivity index (χ0n) is 19.9. The number of aliphatic imine (C=N–C) groups is 2. The van der Waals surface area contributed by atoms with E-state index in [9.17, 15) is 0 Å². The molecule has 0 atom stereocenters. The molecule has 4 nitrogen and oxygen atoms in total. The number of nitrogens with zero attached hydrogens (tertiary/aromatic N) is 3. The number of fused-ring (bicyclic) bond motifs is 3. The summed E-state index contributed by atoms with van der Waals surface area (Å²) >= 11 is 1.69. The largest absolute Gasteiger partial charge is 0.282 e. The molecule has 176 valence electrons. The molecular formula is C32H22N4S. The van der Waals surface area contributed by atoms with Crippen LogP contribution in [0.15, 0.2) is 131 Å². The maximum absolute atomic E-state index is 8.77. The molecule has 0 radical (unpaired) electrons. The summed E-state index contributed by atoms with van der Waals surface area (Å²) in [4.78, 5) is 14.2. The lowest BCUT2D eigenvalue weighted by Crippen LogP contribution is -2.04. The van der Waals surface area contributed by atoms with Crippen LogP contribution in [0.25, 0.3) is 31.6 Å². The van der Waals surface area contributed by atoms with Gasteiger partial charge in [-0.25, -0.2) is 15.0 Å². The standard InChI is InChI=1S/C32H22N4S/c33-30(36-31(23-12-6-2-7-13-23)34-21-22-10-4-1-5-11-22)26-16-18-27-25(20-26)17-19-28-29(27)35-32(37-28)24-14-8-3-9-15-24/h1-21,33H. The number of hydrogen-bond donors (Lipinski definition) is 1. The van der Waals surface area contributed by atoms with Crippen LogP contribution in [-0.4, -0.2) is 22.9 Å². The molecule has 5 heteroatoms. The third-order valence-corrected chi connectivity index (χ3v) is 7.12. The van der Waals surface area contributed by atoms with E-state index in [-0.39, 0.29) is 5.84 Å². The SMILES string of the molecule is N=C(N=C(N=Cc1ccccc1)c1ccccc1)c1ccc2c(ccc3sc(-c4ccccc4)nc32)c1. The first kappa shape index (κ1) is 22.7. The molecule has 0 bridgehead atoms. The summed E-state index contributed by atoms with van der Waals surface area (Å²) in [6.07, 6.45) is 1.78. The lowest BCUT2D eigenvalue weighted by atomic mass is 10.1. The van der Waals surface area contributed by atoms with Gasteiger partial charge in [0.1, 0.15) is 5.01 Å². The molecule has 0 fully saturated rings. The fraction of sp³-hybridized carbons (Fsp3) is 0. The number of aromatic nitrogens is 1. The Morgan fingerprint density at radius 3 is 2.19 bits per heavy atom. The van der Waals surface area contributed by atoms with Gasteiger partial charge in [0.2, 0.25) is 0 Å². The van der Waals surface area contributed by atoms with Gasteiger partial charge in [-0.05, 0) is 23.1 Å². The predicted molar refractivity (Wildman–Crippen MR) is 156 cm³/mol. The van der Waals surface area contributed by atoms with Gasteiger partial charge < -0.3 is 0 Å². The Kier molecular flexibility index (Phi) is 6.19. The smallest absolute Gasteiger partial charge is 0.161 e. The van der Waals surface area contributed by atoms with E-state index in [2.05, 4.69) is 34.3 Å². The number of rotatable bonds is 4. The van der Waals surface area contributed by atoms with Crippen LogP contribution in [0.4, 0.5) is 0 Å². The van der Waals surface area contributed by atoms with Gasteiger partial charge in [-0.15, -0.1) is 11.3 Å². The van der Waals surface area contributed by atoms with E-state index in [1.54, 1.807) is 17.6 Å². The summed E-state index contributed by atoms with van der Waals surface area (Å²) in [6, 6.07) is 40.1. The maximum Gasteiger partial charge on any atom is 0.161 e. The first-order valence-electron chi connectivity index (χ1n) is 12.0. The van der Waals surface area contributed by atoms with Crippen LogP contribution < -0.4 is 0 Å². The van der Waals surface area contributed by atoms with Crippen molar-refractivity contribution >= 4 is 50.2 Å². The van der Waals surface area contributed by atoms with Crippen molar-refractivity contribution in [1.29, 1.82) is 5.41 Å². The molecule has 1 heterocycles. The second kappa shape index (κ2) is 10.1. The Bertz CT molecular complexity index is 1770. The second-order valence-electron chi connectivity index (χ2n) is 8.55. The zero-order chi connectivity index (χ0) is 25.0. The molecule has 0 aliphatic rings. The van der Waals surface area contributed by atoms with Crippen LogP contribution in [0.1, 0.15) is 16.7 Å². The molecule has 0 amide bonds. The molecule has 0 saturated carbocycles. The van der Waals surface area contributed by atoms with Crippen molar-refractivity contribution in [3.8, 4) is 10.6 Å². The Balaban J connectivity index is 1.37. The summed E-state index contributed by atoms with van der Waals surface area (Å²) in [5.41, 5.74) is 4.67. The average Bonchev–Trinajstić information content (AvgIpc) is 3.41. The number of hydrogen-bond acceptors (Lipinski definition) is 3. The molecule has 0 spiro atoms. The third-order valence-electron chi connectivity index (χ3n) is 6.05. The van der Waals surface area contributed by atoms with Gasteiger partial charge in [-0.2, -0.15) is 0 Å². The van der Waals surface area contributed by atoms with Gasteiger partial charge in [-0.1, -0.05) is 109 Å². The monoisotopic (exact) mass is 494 g/mol. The molecule has 6 aromatic rings. The minimum atomic E-state index is 0.161. The lowest BCUT2D eigenvalue weighted by Gasteiger charge is -2.05. The van der Waals surface area contributed by atoms with Crippen LogP contribution in [0.3, 0.4) is 0 Å². The van der Waals surface area contributed by atoms with Gasteiger partial charge in [-0.3, -0.25) is 5.41 Å². The van der Waals surface area contributed by atoms with Gasteiger partial charge in [0.15, 0.2) is 11.7 Å². The highest BCUT2D eigenvalue weighted by molar-refractivity contribution is 7.21. The van der Waals surface area contributed by atoms with Gasteiger partial charge in [0.05, 0.1) is 10.2 Å². The third kappa shape index (κ3) is 4.85. The molecular weight excluding hydrogens is 472 g/mol. The van der Waals surface area contributed by atoms with Crippen LogP contribution in [0.5, 0.6) is 0 Å². The molecule has 0 saturated heterocycles. The number of thiazole rings is 1. The minimum absolute atomic E-state index is 0.161. The summed E-state index contributed by atoms with van der Waals surface area (Å²) in [5, 5.41) is 11.9. The van der Waals surface area contributed by atoms with Crippen LogP contribution >= 0.6 is 11.3 Å². The number of amidine groups is 2. The van der Waals surface area contributed by atoms with Crippen LogP contribution in [0, 0.1) is 5.41 Å². The topological polar surface area (TPSA) is 61.5 Å². The molecule has 0 unspecified atom stereocenters. The molecule has 0 aliphatic heterocycles. The van der Waals surface area contributed by atoms with Crippen molar-refractivity contribution in [2.24, 2.45) is 9.98 Å². The summed E-state index contributed by atoms with van der Waals surface area (Å²) < 4.78 is 1.15. The highest BCUT2D eigenvalue weighted by atomic mass is 32.1.